The lowest BCUT2D eigenvalue weighted by Crippen LogP contribution is -2.49. The predicted molar refractivity (Wildman–Crippen MR) is 96.7 cm³/mol. The van der Waals surface area contributed by atoms with Gasteiger partial charge < -0.3 is 14.4 Å². The lowest BCUT2D eigenvalue weighted by molar-refractivity contribution is -0.174. The van der Waals surface area contributed by atoms with Crippen molar-refractivity contribution in [2.75, 3.05) is 18.6 Å². The topological polar surface area (TPSA) is 38.8 Å². The molecule has 3 atom stereocenters. The maximum atomic E-state index is 13.1. The molecule has 4 nitrogen and oxygen atoms in total. The van der Waals surface area contributed by atoms with Crippen LogP contribution in [0.3, 0.4) is 0 Å². The molecule has 130 valence electrons. The Labute approximate surface area is 148 Å². The molecule has 1 amide bonds. The van der Waals surface area contributed by atoms with E-state index in [0.717, 1.165) is 29.8 Å². The summed E-state index contributed by atoms with van der Waals surface area (Å²) in [5, 5.41) is 0. The fourth-order valence-corrected chi connectivity index (χ4v) is 4.13. The van der Waals surface area contributed by atoms with Gasteiger partial charge in [-0.05, 0) is 37.0 Å². The summed E-state index contributed by atoms with van der Waals surface area (Å²) in [6.45, 7) is 2.64. The van der Waals surface area contributed by atoms with Crippen LogP contribution in [0.1, 0.15) is 25.3 Å². The van der Waals surface area contributed by atoms with Crippen LogP contribution in [-0.2, 0) is 15.1 Å². The van der Waals surface area contributed by atoms with Gasteiger partial charge in [0.1, 0.15) is 12.4 Å². The molecule has 2 aliphatic rings. The summed E-state index contributed by atoms with van der Waals surface area (Å²) in [6.07, 6.45) is 1.51. The molecule has 0 unspecified atom stereocenters. The van der Waals surface area contributed by atoms with Crippen LogP contribution in [0.15, 0.2) is 54.6 Å². The standard InChI is InChI=1S/C21H23NO3/c1-15-12-17(14-24-16-8-4-3-5-9-16)25-21(13-15)18-10-6-7-11-19(18)22(2)20(21)23/h3-11,15,17H,12-14H2,1-2H3/t15-,17-,21+/m0/s1. The van der Waals surface area contributed by atoms with Gasteiger partial charge >= 0.3 is 0 Å². The third-order valence-electron chi connectivity index (χ3n) is 5.20. The lowest BCUT2D eigenvalue weighted by atomic mass is 9.80. The summed E-state index contributed by atoms with van der Waals surface area (Å²) in [6, 6.07) is 17.7. The van der Waals surface area contributed by atoms with Gasteiger partial charge in [0.2, 0.25) is 0 Å². The Kier molecular flexibility index (Phi) is 4.00. The smallest absolute Gasteiger partial charge is 0.263 e. The number of rotatable bonds is 3. The van der Waals surface area contributed by atoms with Crippen molar-refractivity contribution < 1.29 is 14.3 Å². The number of hydrogen-bond donors (Lipinski definition) is 0. The van der Waals surface area contributed by atoms with Crippen LogP contribution in [-0.4, -0.2) is 25.7 Å². The number of likely N-dealkylation sites (N-methyl/N-ethyl adjacent to an activating group) is 1. The molecular weight excluding hydrogens is 314 g/mol. The summed E-state index contributed by atoms with van der Waals surface area (Å²) < 4.78 is 12.3. The minimum absolute atomic E-state index is 0.0324. The van der Waals surface area contributed by atoms with Crippen LogP contribution in [0.5, 0.6) is 5.75 Å². The quantitative estimate of drug-likeness (QED) is 0.856. The molecule has 0 bridgehead atoms. The number of fused-ring (bicyclic) bond motifs is 2. The van der Waals surface area contributed by atoms with Gasteiger partial charge in [0.25, 0.3) is 5.91 Å². The molecule has 4 rings (SSSR count). The van der Waals surface area contributed by atoms with Gasteiger partial charge in [0.05, 0.1) is 11.8 Å². The highest BCUT2D eigenvalue weighted by Crippen LogP contribution is 2.49. The average molecular weight is 337 g/mol. The summed E-state index contributed by atoms with van der Waals surface area (Å²) in [7, 11) is 1.83. The fraction of sp³-hybridized carbons (Fsp3) is 0.381. The van der Waals surface area contributed by atoms with E-state index in [0.29, 0.717) is 12.5 Å². The second-order valence-corrected chi connectivity index (χ2v) is 7.12. The predicted octanol–water partition coefficient (Wildman–Crippen LogP) is 3.75. The van der Waals surface area contributed by atoms with Crippen molar-refractivity contribution in [2.24, 2.45) is 5.92 Å². The van der Waals surface area contributed by atoms with E-state index in [-0.39, 0.29) is 12.0 Å². The number of para-hydroxylation sites is 2. The zero-order valence-corrected chi connectivity index (χ0v) is 14.6. The molecule has 2 aliphatic heterocycles. The van der Waals surface area contributed by atoms with E-state index >= 15 is 0 Å². The number of carbonyl (C=O) groups is 1. The van der Waals surface area contributed by atoms with E-state index in [9.17, 15) is 4.79 Å². The van der Waals surface area contributed by atoms with Crippen molar-refractivity contribution >= 4 is 11.6 Å². The zero-order valence-electron chi connectivity index (χ0n) is 14.6. The molecule has 0 aliphatic carbocycles. The van der Waals surface area contributed by atoms with Crippen LogP contribution in [0.25, 0.3) is 0 Å². The second kappa shape index (κ2) is 6.19. The molecule has 1 spiro atoms. The molecule has 1 saturated heterocycles. The normalized spacial score (nSPS) is 28.2. The van der Waals surface area contributed by atoms with Gasteiger partial charge in [-0.2, -0.15) is 0 Å². The largest absolute Gasteiger partial charge is 0.491 e. The Morgan fingerprint density at radius 1 is 1.16 bits per heavy atom. The Hall–Kier alpha value is -2.33. The molecule has 0 aromatic heterocycles. The monoisotopic (exact) mass is 337 g/mol. The number of hydrogen-bond acceptors (Lipinski definition) is 3. The van der Waals surface area contributed by atoms with Crippen LogP contribution in [0.2, 0.25) is 0 Å². The van der Waals surface area contributed by atoms with Crippen molar-refractivity contribution in [3.05, 3.63) is 60.2 Å². The Bertz CT molecular complexity index is 776. The van der Waals surface area contributed by atoms with Gasteiger partial charge in [-0.15, -0.1) is 0 Å². The molecule has 25 heavy (non-hydrogen) atoms. The molecule has 2 aromatic carbocycles. The van der Waals surface area contributed by atoms with E-state index in [1.165, 1.54) is 0 Å². The van der Waals surface area contributed by atoms with Crippen LogP contribution < -0.4 is 9.64 Å². The molecule has 4 heteroatoms. The van der Waals surface area contributed by atoms with Crippen molar-refractivity contribution in [1.29, 1.82) is 0 Å². The summed E-state index contributed by atoms with van der Waals surface area (Å²) in [5.74, 6) is 1.25. The number of carbonyl (C=O) groups excluding carboxylic acids is 1. The summed E-state index contributed by atoms with van der Waals surface area (Å²) in [4.78, 5) is 14.8. The first-order valence-corrected chi connectivity index (χ1v) is 8.83. The highest BCUT2D eigenvalue weighted by atomic mass is 16.6. The van der Waals surface area contributed by atoms with Crippen molar-refractivity contribution in [2.45, 2.75) is 31.5 Å². The first-order chi connectivity index (χ1) is 12.1. The molecule has 0 N–H and O–H groups in total. The summed E-state index contributed by atoms with van der Waals surface area (Å²) >= 11 is 0. The molecule has 1 fully saturated rings. The maximum absolute atomic E-state index is 13.1. The van der Waals surface area contributed by atoms with Crippen molar-refractivity contribution in [3.63, 3.8) is 0 Å². The van der Waals surface area contributed by atoms with E-state index in [1.807, 2.05) is 61.6 Å². The van der Waals surface area contributed by atoms with E-state index in [1.54, 1.807) is 4.90 Å². The van der Waals surface area contributed by atoms with Gasteiger partial charge in [0.15, 0.2) is 5.60 Å². The van der Waals surface area contributed by atoms with Gasteiger partial charge in [-0.1, -0.05) is 43.3 Å². The highest BCUT2D eigenvalue weighted by Gasteiger charge is 2.54. The fourth-order valence-electron chi connectivity index (χ4n) is 4.13. The second-order valence-electron chi connectivity index (χ2n) is 7.12. The van der Waals surface area contributed by atoms with Crippen molar-refractivity contribution in [1.82, 2.24) is 0 Å². The number of nitrogens with zero attached hydrogens (tertiary/aromatic N) is 1. The maximum Gasteiger partial charge on any atom is 0.263 e. The molecule has 2 heterocycles. The number of ether oxygens (including phenoxy) is 2. The Morgan fingerprint density at radius 3 is 2.68 bits per heavy atom. The van der Waals surface area contributed by atoms with Gasteiger partial charge in [0, 0.05) is 12.6 Å². The molecular formula is C21H23NO3. The Morgan fingerprint density at radius 2 is 1.88 bits per heavy atom. The van der Waals surface area contributed by atoms with E-state index < -0.39 is 5.60 Å². The number of benzene rings is 2. The highest BCUT2D eigenvalue weighted by molar-refractivity contribution is 6.06. The SMILES string of the molecule is C[C@H]1C[C@@H](COc2ccccc2)O[C@@]2(C1)C(=O)N(C)c1ccccc12. The van der Waals surface area contributed by atoms with E-state index in [4.69, 9.17) is 9.47 Å². The van der Waals surface area contributed by atoms with Gasteiger partial charge in [-0.25, -0.2) is 0 Å². The van der Waals surface area contributed by atoms with Crippen LogP contribution in [0, 0.1) is 5.92 Å². The summed E-state index contributed by atoms with van der Waals surface area (Å²) in [5.41, 5.74) is 1.07. The van der Waals surface area contributed by atoms with Crippen LogP contribution in [0.4, 0.5) is 5.69 Å². The first-order valence-electron chi connectivity index (χ1n) is 8.83. The minimum Gasteiger partial charge on any atom is -0.491 e. The Balaban J connectivity index is 1.59. The third kappa shape index (κ3) is 2.71. The van der Waals surface area contributed by atoms with Gasteiger partial charge in [-0.3, -0.25) is 4.79 Å². The zero-order chi connectivity index (χ0) is 17.4. The molecule has 0 radical (unpaired) electrons. The average Bonchev–Trinajstić information content (AvgIpc) is 2.83. The molecule has 0 saturated carbocycles. The lowest BCUT2D eigenvalue weighted by Gasteiger charge is -2.40. The number of anilines is 1. The number of amides is 1. The molecule has 2 aromatic rings. The van der Waals surface area contributed by atoms with Crippen molar-refractivity contribution in [3.8, 4) is 5.75 Å². The minimum atomic E-state index is -0.867. The third-order valence-corrected chi connectivity index (χ3v) is 5.20. The van der Waals surface area contributed by atoms with E-state index in [2.05, 4.69) is 6.92 Å². The first kappa shape index (κ1) is 16.2. The van der Waals surface area contributed by atoms with Crippen LogP contribution >= 0.6 is 0 Å².